The van der Waals surface area contributed by atoms with Crippen molar-refractivity contribution in [3.8, 4) is 0 Å². The van der Waals surface area contributed by atoms with E-state index < -0.39 is 5.25 Å². The normalized spacial score (nSPS) is 14.1. The van der Waals surface area contributed by atoms with Gasteiger partial charge in [-0.1, -0.05) is 36.9 Å². The first kappa shape index (κ1) is 24.8. The zero-order valence-electron chi connectivity index (χ0n) is 21.0. The lowest BCUT2D eigenvalue weighted by Gasteiger charge is -2.15. The van der Waals surface area contributed by atoms with Crippen molar-refractivity contribution in [1.29, 1.82) is 0 Å². The molecule has 1 aromatic carbocycles. The maximum absolute atomic E-state index is 13.5. The maximum atomic E-state index is 13.5. The molecule has 1 amide bonds. The standard InChI is InChI=1S/C27H30N4O3S2/c1-5-19(24(32)28-25-22(26(33)34-6-2)18-11-7-8-13-20(18)35-25)36-27-30-29-21-14-16(4)17-12-9-10-15(3)23(17)31(21)27/h9-10,12,14,19H,5-8,11,13H2,1-4H3,(H,28,32). The molecule has 9 heteroatoms. The third-order valence-electron chi connectivity index (χ3n) is 6.69. The van der Waals surface area contributed by atoms with Gasteiger partial charge in [-0.25, -0.2) is 4.79 Å². The quantitative estimate of drug-likeness (QED) is 0.232. The Morgan fingerprint density at radius 2 is 1.97 bits per heavy atom. The van der Waals surface area contributed by atoms with Gasteiger partial charge >= 0.3 is 5.97 Å². The fourth-order valence-electron chi connectivity index (χ4n) is 4.92. The topological polar surface area (TPSA) is 85.6 Å². The van der Waals surface area contributed by atoms with Crippen molar-refractivity contribution in [1.82, 2.24) is 14.6 Å². The lowest BCUT2D eigenvalue weighted by molar-refractivity contribution is -0.115. The van der Waals surface area contributed by atoms with Gasteiger partial charge in [0, 0.05) is 10.3 Å². The number of pyridine rings is 1. The van der Waals surface area contributed by atoms with Gasteiger partial charge in [0.2, 0.25) is 5.91 Å². The van der Waals surface area contributed by atoms with Crippen LogP contribution in [-0.2, 0) is 22.4 Å². The fraction of sp³-hybridized carbons (Fsp3) is 0.407. The van der Waals surface area contributed by atoms with Gasteiger partial charge in [-0.2, -0.15) is 0 Å². The molecule has 0 saturated heterocycles. The van der Waals surface area contributed by atoms with Gasteiger partial charge in [0.25, 0.3) is 0 Å². The van der Waals surface area contributed by atoms with Crippen molar-refractivity contribution in [2.45, 2.75) is 70.2 Å². The highest BCUT2D eigenvalue weighted by atomic mass is 32.2. The lowest BCUT2D eigenvalue weighted by Crippen LogP contribution is -2.25. The molecule has 188 valence electrons. The number of hydrogen-bond donors (Lipinski definition) is 1. The monoisotopic (exact) mass is 522 g/mol. The first-order chi connectivity index (χ1) is 17.4. The van der Waals surface area contributed by atoms with Gasteiger partial charge in [-0.3, -0.25) is 9.20 Å². The summed E-state index contributed by atoms with van der Waals surface area (Å²) in [5, 5.41) is 14.0. The molecule has 4 aromatic rings. The molecule has 1 N–H and O–H groups in total. The summed E-state index contributed by atoms with van der Waals surface area (Å²) >= 11 is 2.92. The van der Waals surface area contributed by atoms with Crippen LogP contribution in [0, 0.1) is 13.8 Å². The van der Waals surface area contributed by atoms with E-state index in [1.165, 1.54) is 28.0 Å². The summed E-state index contributed by atoms with van der Waals surface area (Å²) in [5.74, 6) is -0.495. The van der Waals surface area contributed by atoms with E-state index >= 15 is 0 Å². The van der Waals surface area contributed by atoms with Gasteiger partial charge in [0.1, 0.15) is 5.00 Å². The molecule has 5 rings (SSSR count). The van der Waals surface area contributed by atoms with Gasteiger partial charge in [0.15, 0.2) is 10.8 Å². The minimum Gasteiger partial charge on any atom is -0.462 e. The zero-order chi connectivity index (χ0) is 25.4. The van der Waals surface area contributed by atoms with Gasteiger partial charge in [-0.15, -0.1) is 21.5 Å². The van der Waals surface area contributed by atoms with Crippen molar-refractivity contribution in [2.24, 2.45) is 0 Å². The van der Waals surface area contributed by atoms with E-state index in [4.69, 9.17) is 4.74 Å². The molecule has 1 unspecified atom stereocenters. The van der Waals surface area contributed by atoms with Crippen LogP contribution in [0.1, 0.15) is 65.0 Å². The SMILES string of the molecule is CCOC(=O)c1c(NC(=O)C(CC)Sc2nnc3cc(C)c4cccc(C)c4n23)sc2c1CCCC2. The Morgan fingerprint density at radius 3 is 2.75 bits per heavy atom. The predicted octanol–water partition coefficient (Wildman–Crippen LogP) is 6.13. The van der Waals surface area contributed by atoms with Crippen LogP contribution in [0.25, 0.3) is 16.6 Å². The van der Waals surface area contributed by atoms with Gasteiger partial charge in [-0.05, 0) is 75.6 Å². The molecule has 7 nitrogen and oxygen atoms in total. The number of ether oxygens (including phenoxy) is 1. The number of nitrogens with one attached hydrogen (secondary N) is 1. The van der Waals surface area contributed by atoms with E-state index in [9.17, 15) is 9.59 Å². The fourth-order valence-corrected chi connectivity index (χ4v) is 7.17. The Bertz CT molecular complexity index is 1470. The lowest BCUT2D eigenvalue weighted by atomic mass is 9.95. The molecule has 0 aliphatic heterocycles. The summed E-state index contributed by atoms with van der Waals surface area (Å²) in [6.07, 6.45) is 4.53. The summed E-state index contributed by atoms with van der Waals surface area (Å²) in [6, 6.07) is 8.26. The summed E-state index contributed by atoms with van der Waals surface area (Å²) in [5.41, 5.74) is 5.68. The van der Waals surface area contributed by atoms with E-state index in [1.54, 1.807) is 6.92 Å². The number of para-hydroxylation sites is 1. The van der Waals surface area contributed by atoms with Crippen LogP contribution in [0.15, 0.2) is 29.4 Å². The number of esters is 1. The summed E-state index contributed by atoms with van der Waals surface area (Å²) in [7, 11) is 0. The Morgan fingerprint density at radius 1 is 1.17 bits per heavy atom. The second-order valence-electron chi connectivity index (χ2n) is 9.11. The molecular formula is C27H30N4O3S2. The molecule has 3 aromatic heterocycles. The van der Waals surface area contributed by atoms with Crippen LogP contribution in [0.2, 0.25) is 0 Å². The predicted molar refractivity (Wildman–Crippen MR) is 145 cm³/mol. The molecule has 1 aliphatic rings. The van der Waals surface area contributed by atoms with Crippen LogP contribution < -0.4 is 5.32 Å². The first-order valence-electron chi connectivity index (χ1n) is 12.5. The number of aryl methyl sites for hydroxylation is 3. The van der Waals surface area contributed by atoms with E-state index in [2.05, 4.69) is 47.6 Å². The number of fused-ring (bicyclic) bond motifs is 4. The molecule has 1 atom stereocenters. The molecule has 0 spiro atoms. The van der Waals surface area contributed by atoms with Crippen LogP contribution in [0.3, 0.4) is 0 Å². The number of carbonyl (C=O) groups is 2. The number of hydrogen-bond acceptors (Lipinski definition) is 7. The number of benzene rings is 1. The van der Waals surface area contributed by atoms with Gasteiger partial charge in [0.05, 0.1) is 22.9 Å². The molecule has 1 aliphatic carbocycles. The summed E-state index contributed by atoms with van der Waals surface area (Å²) < 4.78 is 7.39. The number of thiophene rings is 1. The largest absolute Gasteiger partial charge is 0.462 e. The molecule has 36 heavy (non-hydrogen) atoms. The molecule has 0 fully saturated rings. The number of amides is 1. The van der Waals surface area contributed by atoms with Crippen molar-refractivity contribution in [2.75, 3.05) is 11.9 Å². The third-order valence-corrected chi connectivity index (χ3v) is 9.20. The Balaban J connectivity index is 1.47. The minimum atomic E-state index is -0.396. The number of carbonyl (C=O) groups excluding carboxylic acids is 2. The number of rotatable bonds is 7. The second kappa shape index (κ2) is 10.2. The van der Waals surface area contributed by atoms with E-state index in [0.717, 1.165) is 58.9 Å². The Kier molecular flexibility index (Phi) is 7.03. The van der Waals surface area contributed by atoms with Gasteiger partial charge < -0.3 is 10.1 Å². The average molecular weight is 523 g/mol. The molecule has 0 radical (unpaired) electrons. The van der Waals surface area contributed by atoms with Crippen molar-refractivity contribution < 1.29 is 14.3 Å². The first-order valence-corrected chi connectivity index (χ1v) is 14.2. The van der Waals surface area contributed by atoms with Crippen LogP contribution >= 0.6 is 23.1 Å². The number of anilines is 1. The molecule has 0 saturated carbocycles. The molecule has 3 heterocycles. The molecule has 0 bridgehead atoms. The summed E-state index contributed by atoms with van der Waals surface area (Å²) in [4.78, 5) is 27.5. The van der Waals surface area contributed by atoms with Crippen LogP contribution in [0.5, 0.6) is 0 Å². The van der Waals surface area contributed by atoms with Crippen molar-refractivity contribution >= 4 is 56.5 Å². The number of thioether (sulfide) groups is 1. The summed E-state index contributed by atoms with van der Waals surface area (Å²) in [6.45, 7) is 8.24. The highest BCUT2D eigenvalue weighted by Gasteiger charge is 2.29. The Hall–Kier alpha value is -2.91. The Labute approximate surface area is 218 Å². The minimum absolute atomic E-state index is 0.142. The number of aromatic nitrogens is 3. The van der Waals surface area contributed by atoms with Crippen LogP contribution in [0.4, 0.5) is 5.00 Å². The molecular weight excluding hydrogens is 492 g/mol. The van der Waals surface area contributed by atoms with Crippen molar-refractivity contribution in [3.05, 3.63) is 51.4 Å². The van der Waals surface area contributed by atoms with E-state index in [-0.39, 0.29) is 11.9 Å². The maximum Gasteiger partial charge on any atom is 0.341 e. The number of nitrogens with zero attached hydrogens (tertiary/aromatic N) is 3. The van der Waals surface area contributed by atoms with E-state index in [1.807, 2.05) is 17.4 Å². The average Bonchev–Trinajstić information content (AvgIpc) is 3.43. The van der Waals surface area contributed by atoms with Crippen molar-refractivity contribution in [3.63, 3.8) is 0 Å². The highest BCUT2D eigenvalue weighted by Crippen LogP contribution is 2.39. The zero-order valence-corrected chi connectivity index (χ0v) is 22.6. The smallest absolute Gasteiger partial charge is 0.341 e. The highest BCUT2D eigenvalue weighted by molar-refractivity contribution is 8.00. The van der Waals surface area contributed by atoms with Crippen LogP contribution in [-0.4, -0.2) is 38.3 Å². The van der Waals surface area contributed by atoms with E-state index in [0.29, 0.717) is 28.7 Å². The third kappa shape index (κ3) is 4.39. The second-order valence-corrected chi connectivity index (χ2v) is 11.4.